The average molecular weight is 171 g/mol. The number of β-amino-alcohol motifs (C(OH)–C–C–N with tert-alkyl or cyclic N) is 1. The molecule has 0 aromatic heterocycles. The average Bonchev–Trinajstić information content (AvgIpc) is 2.34. The van der Waals surface area contributed by atoms with E-state index in [4.69, 9.17) is 5.11 Å². The minimum absolute atomic E-state index is 0.258. The lowest BCUT2D eigenvalue weighted by Crippen LogP contribution is -2.47. The number of hydrogen-bond donors (Lipinski definition) is 3. The van der Waals surface area contributed by atoms with Crippen molar-refractivity contribution in [3.05, 3.63) is 12.7 Å². The zero-order valence-electron chi connectivity index (χ0n) is 6.79. The molecule has 68 valence electrons. The summed E-state index contributed by atoms with van der Waals surface area (Å²) in [6.45, 7) is 3.84. The molecule has 4 nitrogen and oxygen atoms in total. The van der Waals surface area contributed by atoms with Gasteiger partial charge < -0.3 is 10.2 Å². The molecule has 1 aliphatic rings. The van der Waals surface area contributed by atoms with Gasteiger partial charge in [0, 0.05) is 13.0 Å². The summed E-state index contributed by atoms with van der Waals surface area (Å²) < 4.78 is 0. The van der Waals surface area contributed by atoms with Crippen LogP contribution in [0, 0.1) is 0 Å². The number of hydrogen-bond acceptors (Lipinski definition) is 3. The molecule has 0 unspecified atom stereocenters. The molecule has 0 aromatic rings. The van der Waals surface area contributed by atoms with E-state index in [-0.39, 0.29) is 6.42 Å². The second-order valence-corrected chi connectivity index (χ2v) is 3.12. The lowest BCUT2D eigenvalue weighted by molar-refractivity contribution is -0.144. The zero-order chi connectivity index (χ0) is 9.19. The Bertz CT molecular complexity index is 204. The fourth-order valence-electron chi connectivity index (χ4n) is 1.51. The minimum Gasteiger partial charge on any atom is -0.480 e. The maximum absolute atomic E-state index is 10.8. The number of rotatable bonds is 3. The Hall–Kier alpha value is -0.870. The smallest absolute Gasteiger partial charge is 0.324 e. The van der Waals surface area contributed by atoms with Gasteiger partial charge in [0.1, 0.15) is 5.54 Å². The van der Waals surface area contributed by atoms with Crippen molar-refractivity contribution in [2.24, 2.45) is 0 Å². The fourth-order valence-corrected chi connectivity index (χ4v) is 1.51. The topological polar surface area (TPSA) is 69.6 Å². The van der Waals surface area contributed by atoms with Gasteiger partial charge in [-0.05, 0) is 6.42 Å². The fraction of sp³-hybridized carbons (Fsp3) is 0.625. The van der Waals surface area contributed by atoms with Crippen molar-refractivity contribution < 1.29 is 15.0 Å². The maximum Gasteiger partial charge on any atom is 0.324 e. The monoisotopic (exact) mass is 171 g/mol. The Labute approximate surface area is 70.9 Å². The first-order valence-electron chi connectivity index (χ1n) is 3.88. The van der Waals surface area contributed by atoms with Crippen LogP contribution in [0.5, 0.6) is 0 Å². The molecular formula is C8H13NO3. The van der Waals surface area contributed by atoms with Gasteiger partial charge in [-0.15, -0.1) is 6.58 Å². The van der Waals surface area contributed by atoms with E-state index in [0.29, 0.717) is 13.0 Å². The molecule has 0 saturated carbocycles. The van der Waals surface area contributed by atoms with Crippen LogP contribution in [0.2, 0.25) is 0 Å². The third-order valence-corrected chi connectivity index (χ3v) is 2.16. The van der Waals surface area contributed by atoms with Gasteiger partial charge in [0.25, 0.3) is 0 Å². The molecule has 2 atom stereocenters. The van der Waals surface area contributed by atoms with Crippen molar-refractivity contribution in [2.45, 2.75) is 24.5 Å². The molecule has 1 fully saturated rings. The summed E-state index contributed by atoms with van der Waals surface area (Å²) in [4.78, 5) is 10.8. The van der Waals surface area contributed by atoms with Crippen molar-refractivity contribution in [3.63, 3.8) is 0 Å². The molecule has 0 radical (unpaired) electrons. The van der Waals surface area contributed by atoms with E-state index in [2.05, 4.69) is 11.9 Å². The molecule has 3 N–H and O–H groups in total. The highest BCUT2D eigenvalue weighted by Crippen LogP contribution is 2.23. The normalized spacial score (nSPS) is 34.9. The van der Waals surface area contributed by atoms with Crippen LogP contribution in [0.4, 0.5) is 0 Å². The van der Waals surface area contributed by atoms with E-state index >= 15 is 0 Å². The van der Waals surface area contributed by atoms with Gasteiger partial charge in [0.2, 0.25) is 0 Å². The molecule has 1 saturated heterocycles. The van der Waals surface area contributed by atoms with Gasteiger partial charge in [-0.25, -0.2) is 0 Å². The van der Waals surface area contributed by atoms with Gasteiger partial charge in [-0.1, -0.05) is 6.08 Å². The minimum atomic E-state index is -0.985. The third kappa shape index (κ3) is 1.49. The van der Waals surface area contributed by atoms with Crippen molar-refractivity contribution in [2.75, 3.05) is 6.54 Å². The maximum atomic E-state index is 10.8. The molecule has 0 aromatic carbocycles. The predicted molar refractivity (Wildman–Crippen MR) is 43.8 cm³/mol. The number of aliphatic carboxylic acids is 1. The quantitative estimate of drug-likeness (QED) is 0.512. The number of carboxylic acids is 1. The number of aliphatic hydroxyl groups excluding tert-OH is 1. The van der Waals surface area contributed by atoms with Crippen LogP contribution >= 0.6 is 0 Å². The number of carbonyl (C=O) groups is 1. The Morgan fingerprint density at radius 3 is 2.83 bits per heavy atom. The Kier molecular flexibility index (Phi) is 2.49. The molecule has 4 heteroatoms. The van der Waals surface area contributed by atoms with Gasteiger partial charge in [0.15, 0.2) is 0 Å². The van der Waals surface area contributed by atoms with E-state index in [1.54, 1.807) is 6.08 Å². The van der Waals surface area contributed by atoms with Crippen molar-refractivity contribution in [1.29, 1.82) is 0 Å². The Morgan fingerprint density at radius 2 is 2.50 bits per heavy atom. The molecule has 12 heavy (non-hydrogen) atoms. The second-order valence-electron chi connectivity index (χ2n) is 3.12. The van der Waals surface area contributed by atoms with Crippen molar-refractivity contribution in [1.82, 2.24) is 5.32 Å². The molecule has 0 bridgehead atoms. The van der Waals surface area contributed by atoms with Crippen molar-refractivity contribution in [3.8, 4) is 0 Å². The first-order valence-corrected chi connectivity index (χ1v) is 3.88. The second kappa shape index (κ2) is 3.25. The van der Waals surface area contributed by atoms with Gasteiger partial charge >= 0.3 is 5.97 Å². The van der Waals surface area contributed by atoms with Crippen LogP contribution < -0.4 is 5.32 Å². The number of aliphatic hydroxyl groups is 1. The Balaban J connectivity index is 2.74. The molecule has 0 aliphatic carbocycles. The summed E-state index contributed by atoms with van der Waals surface area (Å²) in [5.74, 6) is -0.918. The summed E-state index contributed by atoms with van der Waals surface area (Å²) in [5, 5.41) is 20.9. The summed E-state index contributed by atoms with van der Waals surface area (Å²) >= 11 is 0. The first-order chi connectivity index (χ1) is 5.60. The molecule has 1 aliphatic heterocycles. The molecular weight excluding hydrogens is 158 g/mol. The van der Waals surface area contributed by atoms with Crippen LogP contribution in [0.3, 0.4) is 0 Å². The van der Waals surface area contributed by atoms with E-state index < -0.39 is 17.6 Å². The van der Waals surface area contributed by atoms with Crippen molar-refractivity contribution >= 4 is 5.97 Å². The molecule has 0 amide bonds. The zero-order valence-corrected chi connectivity index (χ0v) is 6.79. The summed E-state index contributed by atoms with van der Waals surface area (Å²) in [5.41, 5.74) is -0.985. The summed E-state index contributed by atoms with van der Waals surface area (Å²) in [7, 11) is 0. The molecule has 1 heterocycles. The third-order valence-electron chi connectivity index (χ3n) is 2.16. The van der Waals surface area contributed by atoms with E-state index in [1.165, 1.54) is 0 Å². The Morgan fingerprint density at radius 1 is 1.83 bits per heavy atom. The van der Waals surface area contributed by atoms with E-state index in [9.17, 15) is 9.90 Å². The van der Waals surface area contributed by atoms with Crippen LogP contribution in [0.15, 0.2) is 12.7 Å². The first kappa shape index (κ1) is 9.22. The van der Waals surface area contributed by atoms with Gasteiger partial charge in [-0.2, -0.15) is 0 Å². The van der Waals surface area contributed by atoms with Gasteiger partial charge in [-0.3, -0.25) is 10.1 Å². The van der Waals surface area contributed by atoms with Crippen LogP contribution in [0.25, 0.3) is 0 Å². The standard InChI is InChI=1S/C8H13NO3/c1-2-3-8(7(11)12)4-6(10)5-9-8/h2,6,9-10H,1,3-5H2,(H,11,12)/t6-,8+/m1/s1. The van der Waals surface area contributed by atoms with Gasteiger partial charge in [0.05, 0.1) is 6.10 Å². The highest BCUT2D eigenvalue weighted by atomic mass is 16.4. The summed E-state index contributed by atoms with van der Waals surface area (Å²) in [6, 6.07) is 0. The number of carboxylic acid groups (broad SMARTS) is 1. The molecule has 1 rings (SSSR count). The SMILES string of the molecule is C=CC[C@@]1(C(=O)O)C[C@@H](O)CN1. The largest absolute Gasteiger partial charge is 0.480 e. The van der Waals surface area contributed by atoms with Crippen LogP contribution in [0.1, 0.15) is 12.8 Å². The highest BCUT2D eigenvalue weighted by Gasteiger charge is 2.43. The lowest BCUT2D eigenvalue weighted by Gasteiger charge is -2.22. The molecule has 0 spiro atoms. The number of nitrogens with one attached hydrogen (secondary N) is 1. The van der Waals surface area contributed by atoms with E-state index in [0.717, 1.165) is 0 Å². The van der Waals surface area contributed by atoms with E-state index in [1.807, 2.05) is 0 Å². The van der Waals surface area contributed by atoms with Crippen LogP contribution in [-0.2, 0) is 4.79 Å². The highest BCUT2D eigenvalue weighted by molar-refractivity contribution is 5.79. The van der Waals surface area contributed by atoms with Crippen LogP contribution in [-0.4, -0.2) is 34.4 Å². The summed E-state index contributed by atoms with van der Waals surface area (Å²) in [6.07, 6.45) is 1.61. The lowest BCUT2D eigenvalue weighted by atomic mass is 9.93. The predicted octanol–water partition coefficient (Wildman–Crippen LogP) is -0.260.